The minimum absolute atomic E-state index is 0.0815. The van der Waals surface area contributed by atoms with E-state index in [0.29, 0.717) is 21.7 Å². The Morgan fingerprint density at radius 2 is 1.90 bits per heavy atom. The van der Waals surface area contributed by atoms with E-state index < -0.39 is 17.3 Å². The van der Waals surface area contributed by atoms with Gasteiger partial charge in [0.05, 0.1) is 5.56 Å². The SMILES string of the molecule is Cn1c(SCc2ccc(Cl)cc2)nc(=O)c2c1NC(=O)CC2c1c(F)cccc1Cl. The van der Waals surface area contributed by atoms with Gasteiger partial charge < -0.3 is 9.88 Å². The molecule has 1 aromatic heterocycles. The average Bonchev–Trinajstić information content (AvgIpc) is 2.70. The third-order valence-corrected chi connectivity index (χ3v) is 6.61. The maximum absolute atomic E-state index is 14.5. The van der Waals surface area contributed by atoms with Gasteiger partial charge in [-0.1, -0.05) is 53.2 Å². The molecule has 30 heavy (non-hydrogen) atoms. The maximum atomic E-state index is 14.5. The number of benzene rings is 2. The van der Waals surface area contributed by atoms with Crippen LogP contribution in [0, 0.1) is 5.82 Å². The van der Waals surface area contributed by atoms with Gasteiger partial charge in [-0.15, -0.1) is 0 Å². The van der Waals surface area contributed by atoms with Gasteiger partial charge in [-0.3, -0.25) is 9.59 Å². The van der Waals surface area contributed by atoms with Gasteiger partial charge in [-0.25, -0.2) is 4.39 Å². The summed E-state index contributed by atoms with van der Waals surface area (Å²) < 4.78 is 16.2. The molecule has 1 aliphatic heterocycles. The number of aromatic nitrogens is 2. The normalized spacial score (nSPS) is 15.6. The van der Waals surface area contributed by atoms with Crippen molar-refractivity contribution in [2.24, 2.45) is 7.05 Å². The van der Waals surface area contributed by atoms with E-state index in [-0.39, 0.29) is 28.5 Å². The van der Waals surface area contributed by atoms with Crippen molar-refractivity contribution in [2.75, 3.05) is 5.32 Å². The molecular weight excluding hydrogens is 448 g/mol. The highest BCUT2D eigenvalue weighted by atomic mass is 35.5. The fraction of sp³-hybridized carbons (Fsp3) is 0.190. The highest BCUT2D eigenvalue weighted by molar-refractivity contribution is 7.98. The van der Waals surface area contributed by atoms with Crippen LogP contribution in [0.2, 0.25) is 10.0 Å². The predicted octanol–water partition coefficient (Wildman–Crippen LogP) is 4.99. The molecule has 154 valence electrons. The molecule has 1 N–H and O–H groups in total. The van der Waals surface area contributed by atoms with Crippen LogP contribution in [-0.4, -0.2) is 15.5 Å². The van der Waals surface area contributed by atoms with Crippen molar-refractivity contribution >= 4 is 46.7 Å². The second-order valence-corrected chi connectivity index (χ2v) is 8.66. The van der Waals surface area contributed by atoms with Crippen LogP contribution in [0.4, 0.5) is 10.2 Å². The molecule has 2 heterocycles. The van der Waals surface area contributed by atoms with E-state index in [1.165, 1.54) is 23.9 Å². The molecule has 0 aliphatic carbocycles. The number of rotatable bonds is 4. The molecule has 0 spiro atoms. The third-order valence-electron chi connectivity index (χ3n) is 4.93. The third kappa shape index (κ3) is 3.97. The zero-order chi connectivity index (χ0) is 21.4. The number of nitrogens with one attached hydrogen (secondary N) is 1. The van der Waals surface area contributed by atoms with Crippen LogP contribution in [0.1, 0.15) is 29.0 Å². The van der Waals surface area contributed by atoms with Crippen molar-refractivity contribution in [2.45, 2.75) is 23.2 Å². The van der Waals surface area contributed by atoms with Crippen molar-refractivity contribution in [3.63, 3.8) is 0 Å². The Labute approximate surface area is 186 Å². The van der Waals surface area contributed by atoms with E-state index >= 15 is 0 Å². The van der Waals surface area contributed by atoms with Gasteiger partial charge in [0.25, 0.3) is 5.56 Å². The molecule has 1 atom stereocenters. The number of hydrogen-bond donors (Lipinski definition) is 1. The van der Waals surface area contributed by atoms with E-state index in [2.05, 4.69) is 10.3 Å². The number of hydrogen-bond acceptors (Lipinski definition) is 4. The number of halogens is 3. The number of amides is 1. The Morgan fingerprint density at radius 3 is 2.60 bits per heavy atom. The number of carbonyl (C=O) groups is 1. The summed E-state index contributed by atoms with van der Waals surface area (Å²) in [5.41, 5.74) is 0.873. The summed E-state index contributed by atoms with van der Waals surface area (Å²) in [6.45, 7) is 0. The second kappa shape index (κ2) is 8.41. The molecule has 1 amide bonds. The van der Waals surface area contributed by atoms with Crippen LogP contribution < -0.4 is 10.9 Å². The second-order valence-electron chi connectivity index (χ2n) is 6.88. The van der Waals surface area contributed by atoms with Crippen LogP contribution in [-0.2, 0) is 17.6 Å². The molecule has 0 radical (unpaired) electrons. The standard InChI is InChI=1S/C21H16Cl2FN3O2S/c1-27-19-18(13(9-16(28)25-19)17-14(23)3-2-4-15(17)24)20(29)26-21(27)30-10-11-5-7-12(22)8-6-11/h2-8,13H,9-10H2,1H3,(H,25,28). The van der Waals surface area contributed by atoms with Crippen LogP contribution >= 0.6 is 35.0 Å². The van der Waals surface area contributed by atoms with E-state index in [4.69, 9.17) is 23.2 Å². The smallest absolute Gasteiger partial charge is 0.279 e. The zero-order valence-corrected chi connectivity index (χ0v) is 18.1. The van der Waals surface area contributed by atoms with Gasteiger partial charge in [-0.2, -0.15) is 4.98 Å². The highest BCUT2D eigenvalue weighted by Crippen LogP contribution is 2.39. The lowest BCUT2D eigenvalue weighted by atomic mass is 9.86. The van der Waals surface area contributed by atoms with Crippen LogP contribution in [0.3, 0.4) is 0 Å². The molecule has 0 bridgehead atoms. The highest BCUT2D eigenvalue weighted by Gasteiger charge is 2.34. The minimum atomic E-state index is -0.802. The predicted molar refractivity (Wildman–Crippen MR) is 117 cm³/mol. The van der Waals surface area contributed by atoms with Crippen molar-refractivity contribution in [3.05, 3.63) is 85.4 Å². The molecule has 9 heteroatoms. The van der Waals surface area contributed by atoms with Crippen molar-refractivity contribution < 1.29 is 9.18 Å². The summed E-state index contributed by atoms with van der Waals surface area (Å²) in [5.74, 6) is -0.802. The molecule has 4 rings (SSSR count). The van der Waals surface area contributed by atoms with E-state index in [1.807, 2.05) is 12.1 Å². The van der Waals surface area contributed by atoms with Gasteiger partial charge in [0.2, 0.25) is 5.91 Å². The van der Waals surface area contributed by atoms with Crippen molar-refractivity contribution in [1.82, 2.24) is 9.55 Å². The largest absolute Gasteiger partial charge is 0.312 e. The summed E-state index contributed by atoms with van der Waals surface area (Å²) >= 11 is 13.5. The summed E-state index contributed by atoms with van der Waals surface area (Å²) in [6, 6.07) is 11.7. The molecule has 1 aliphatic rings. The zero-order valence-electron chi connectivity index (χ0n) is 15.8. The van der Waals surface area contributed by atoms with Gasteiger partial charge in [-0.05, 0) is 29.8 Å². The lowest BCUT2D eigenvalue weighted by Crippen LogP contribution is -2.34. The number of anilines is 1. The molecule has 1 unspecified atom stereocenters. The average molecular weight is 464 g/mol. The minimum Gasteiger partial charge on any atom is -0.312 e. The number of thioether (sulfide) groups is 1. The van der Waals surface area contributed by atoms with E-state index in [0.717, 1.165) is 5.56 Å². The van der Waals surface area contributed by atoms with E-state index in [1.54, 1.807) is 29.8 Å². The van der Waals surface area contributed by atoms with Gasteiger partial charge in [0, 0.05) is 40.7 Å². The molecule has 0 saturated heterocycles. The molecule has 0 fully saturated rings. The Hall–Kier alpha value is -2.35. The molecule has 5 nitrogen and oxygen atoms in total. The summed E-state index contributed by atoms with van der Waals surface area (Å²) in [5, 5.41) is 3.99. The molecule has 0 saturated carbocycles. The summed E-state index contributed by atoms with van der Waals surface area (Å²) in [7, 11) is 1.71. The number of carbonyl (C=O) groups excluding carboxylic acids is 1. The van der Waals surface area contributed by atoms with Crippen LogP contribution in [0.25, 0.3) is 0 Å². The topological polar surface area (TPSA) is 64.0 Å². The van der Waals surface area contributed by atoms with Gasteiger partial charge in [0.15, 0.2) is 5.16 Å². The molecule has 2 aromatic carbocycles. The lowest BCUT2D eigenvalue weighted by Gasteiger charge is -2.28. The lowest BCUT2D eigenvalue weighted by molar-refractivity contribution is -0.116. The van der Waals surface area contributed by atoms with Crippen molar-refractivity contribution in [1.29, 1.82) is 0 Å². The first-order chi connectivity index (χ1) is 14.3. The van der Waals surface area contributed by atoms with Crippen LogP contribution in [0.15, 0.2) is 52.4 Å². The number of fused-ring (bicyclic) bond motifs is 1. The Kier molecular flexibility index (Phi) is 5.86. The summed E-state index contributed by atoms with van der Waals surface area (Å²) in [4.78, 5) is 29.5. The maximum Gasteiger partial charge on any atom is 0.279 e. The summed E-state index contributed by atoms with van der Waals surface area (Å²) in [6.07, 6.45) is -0.0815. The number of nitrogens with zero attached hydrogens (tertiary/aromatic N) is 2. The first-order valence-corrected chi connectivity index (χ1v) is 10.8. The van der Waals surface area contributed by atoms with Gasteiger partial charge in [0.1, 0.15) is 11.6 Å². The monoisotopic (exact) mass is 463 g/mol. The quantitative estimate of drug-likeness (QED) is 0.437. The fourth-order valence-electron chi connectivity index (χ4n) is 3.48. The Bertz CT molecular complexity index is 1180. The fourth-order valence-corrected chi connectivity index (χ4v) is 4.82. The molecular formula is C21H16Cl2FN3O2S. The Balaban J connectivity index is 1.75. The first-order valence-electron chi connectivity index (χ1n) is 9.07. The molecule has 3 aromatic rings. The van der Waals surface area contributed by atoms with Crippen molar-refractivity contribution in [3.8, 4) is 0 Å². The van der Waals surface area contributed by atoms with Gasteiger partial charge >= 0.3 is 0 Å². The van der Waals surface area contributed by atoms with Crippen LogP contribution in [0.5, 0.6) is 0 Å². The first kappa shape index (κ1) is 20.9. The Morgan fingerprint density at radius 1 is 1.17 bits per heavy atom. The van der Waals surface area contributed by atoms with E-state index in [9.17, 15) is 14.0 Å².